The molecule has 0 aromatic heterocycles. The van der Waals surface area contributed by atoms with E-state index < -0.39 is 0 Å². The summed E-state index contributed by atoms with van der Waals surface area (Å²) in [6.07, 6.45) is 6.54. The third-order valence-electron chi connectivity index (χ3n) is 2.71. The number of nitrogens with two attached hydrogens (primary N) is 1. The molecule has 0 atom stereocenters. The van der Waals surface area contributed by atoms with E-state index in [-0.39, 0.29) is 0 Å². The molecular formula is C12H25NO. The normalized spacial score (nSPS) is 11.7. The molecule has 0 aliphatic carbocycles. The Morgan fingerprint density at radius 3 is 2.29 bits per heavy atom. The highest BCUT2D eigenvalue weighted by Gasteiger charge is 2.17. The van der Waals surface area contributed by atoms with Crippen LogP contribution in [0.5, 0.6) is 0 Å². The van der Waals surface area contributed by atoms with E-state index in [2.05, 4.69) is 13.8 Å². The second-order valence-corrected chi connectivity index (χ2v) is 4.97. The van der Waals surface area contributed by atoms with E-state index in [1.165, 1.54) is 19.3 Å². The minimum absolute atomic E-state index is 0.306. The molecule has 0 aromatic rings. The van der Waals surface area contributed by atoms with Crippen LogP contribution < -0.4 is 5.73 Å². The quantitative estimate of drug-likeness (QED) is 0.611. The Labute approximate surface area is 88.3 Å². The van der Waals surface area contributed by atoms with Gasteiger partial charge in [-0.2, -0.15) is 0 Å². The van der Waals surface area contributed by atoms with Gasteiger partial charge in [0.2, 0.25) is 0 Å². The van der Waals surface area contributed by atoms with E-state index in [0.29, 0.717) is 11.2 Å². The van der Waals surface area contributed by atoms with Crippen LogP contribution in [0.1, 0.15) is 59.3 Å². The van der Waals surface area contributed by atoms with Crippen LogP contribution >= 0.6 is 0 Å². The lowest BCUT2D eigenvalue weighted by Crippen LogP contribution is -2.13. The van der Waals surface area contributed by atoms with Crippen molar-refractivity contribution >= 4 is 5.78 Å². The first-order valence-corrected chi connectivity index (χ1v) is 5.67. The summed E-state index contributed by atoms with van der Waals surface area (Å²) in [4.78, 5) is 10.9. The summed E-state index contributed by atoms with van der Waals surface area (Å²) in [5, 5.41) is 0. The van der Waals surface area contributed by atoms with E-state index in [0.717, 1.165) is 25.8 Å². The van der Waals surface area contributed by atoms with Crippen molar-refractivity contribution in [2.75, 3.05) is 6.54 Å². The maximum absolute atomic E-state index is 10.9. The molecule has 0 radical (unpaired) electrons. The minimum Gasteiger partial charge on any atom is -0.330 e. The van der Waals surface area contributed by atoms with Crippen molar-refractivity contribution in [1.82, 2.24) is 0 Å². The highest BCUT2D eigenvalue weighted by atomic mass is 16.1. The standard InChI is InChI=1S/C12H25NO/c1-11(14)7-9-12(2,3)8-5-4-6-10-13/h4-10,13H2,1-3H3. The average molecular weight is 199 g/mol. The lowest BCUT2D eigenvalue weighted by molar-refractivity contribution is -0.117. The molecule has 0 saturated carbocycles. The van der Waals surface area contributed by atoms with Gasteiger partial charge in [0.15, 0.2) is 0 Å². The van der Waals surface area contributed by atoms with Gasteiger partial charge in [-0.1, -0.05) is 26.7 Å². The molecule has 2 nitrogen and oxygen atoms in total. The summed E-state index contributed by atoms with van der Waals surface area (Å²) in [7, 11) is 0. The molecule has 0 aliphatic heterocycles. The van der Waals surface area contributed by atoms with Crippen LogP contribution in [-0.4, -0.2) is 12.3 Å². The fraction of sp³-hybridized carbons (Fsp3) is 0.917. The highest BCUT2D eigenvalue weighted by molar-refractivity contribution is 5.75. The fourth-order valence-corrected chi connectivity index (χ4v) is 1.56. The van der Waals surface area contributed by atoms with Crippen LogP contribution in [0.3, 0.4) is 0 Å². The Bertz CT molecular complexity index is 164. The van der Waals surface area contributed by atoms with Crippen LogP contribution in [0.25, 0.3) is 0 Å². The van der Waals surface area contributed by atoms with Gasteiger partial charge in [-0.15, -0.1) is 0 Å². The second-order valence-electron chi connectivity index (χ2n) is 4.97. The maximum atomic E-state index is 10.9. The molecule has 0 spiro atoms. The fourth-order valence-electron chi connectivity index (χ4n) is 1.56. The van der Waals surface area contributed by atoms with Crippen LogP contribution in [0.15, 0.2) is 0 Å². The summed E-state index contributed by atoms with van der Waals surface area (Å²) in [5.41, 5.74) is 5.75. The van der Waals surface area contributed by atoms with E-state index in [9.17, 15) is 4.79 Å². The van der Waals surface area contributed by atoms with Crippen molar-refractivity contribution in [3.8, 4) is 0 Å². The predicted molar refractivity (Wildman–Crippen MR) is 61.2 cm³/mol. The largest absolute Gasteiger partial charge is 0.330 e. The van der Waals surface area contributed by atoms with Gasteiger partial charge < -0.3 is 10.5 Å². The molecule has 2 heteroatoms. The summed E-state index contributed by atoms with van der Waals surface area (Å²) < 4.78 is 0. The van der Waals surface area contributed by atoms with Crippen LogP contribution in [0.2, 0.25) is 0 Å². The molecule has 14 heavy (non-hydrogen) atoms. The van der Waals surface area contributed by atoms with Gasteiger partial charge >= 0.3 is 0 Å². The van der Waals surface area contributed by atoms with Crippen LogP contribution in [-0.2, 0) is 4.79 Å². The molecule has 2 N–H and O–H groups in total. The van der Waals surface area contributed by atoms with E-state index >= 15 is 0 Å². The van der Waals surface area contributed by atoms with Crippen molar-refractivity contribution in [1.29, 1.82) is 0 Å². The van der Waals surface area contributed by atoms with Crippen molar-refractivity contribution in [2.45, 2.75) is 59.3 Å². The molecule has 0 aliphatic rings. The lowest BCUT2D eigenvalue weighted by Gasteiger charge is -2.23. The Hall–Kier alpha value is -0.370. The van der Waals surface area contributed by atoms with Crippen molar-refractivity contribution < 1.29 is 4.79 Å². The molecule has 0 unspecified atom stereocenters. The lowest BCUT2D eigenvalue weighted by atomic mass is 9.82. The Morgan fingerprint density at radius 2 is 1.79 bits per heavy atom. The maximum Gasteiger partial charge on any atom is 0.129 e. The van der Waals surface area contributed by atoms with Gasteiger partial charge in [-0.25, -0.2) is 0 Å². The zero-order valence-corrected chi connectivity index (χ0v) is 9.94. The molecule has 0 bridgehead atoms. The van der Waals surface area contributed by atoms with E-state index in [1.807, 2.05) is 0 Å². The number of hydrogen-bond donors (Lipinski definition) is 1. The highest BCUT2D eigenvalue weighted by Crippen LogP contribution is 2.29. The van der Waals surface area contributed by atoms with E-state index in [4.69, 9.17) is 5.73 Å². The molecule has 0 aromatic carbocycles. The average Bonchev–Trinajstić information content (AvgIpc) is 2.10. The molecule has 84 valence electrons. The summed E-state index contributed by atoms with van der Waals surface area (Å²) in [5.74, 6) is 0.306. The van der Waals surface area contributed by atoms with Gasteiger partial charge in [0.25, 0.3) is 0 Å². The van der Waals surface area contributed by atoms with Crippen LogP contribution in [0, 0.1) is 5.41 Å². The number of hydrogen-bond acceptors (Lipinski definition) is 2. The first-order valence-electron chi connectivity index (χ1n) is 5.67. The van der Waals surface area contributed by atoms with Gasteiger partial charge in [-0.05, 0) is 38.1 Å². The first kappa shape index (κ1) is 13.6. The second kappa shape index (κ2) is 6.99. The molecule has 0 amide bonds. The van der Waals surface area contributed by atoms with Crippen LogP contribution in [0.4, 0.5) is 0 Å². The number of Topliss-reactive ketones (excluding diaryl/α,β-unsaturated/α-hetero) is 1. The minimum atomic E-state index is 0.306. The third-order valence-corrected chi connectivity index (χ3v) is 2.71. The third kappa shape index (κ3) is 8.24. The molecular weight excluding hydrogens is 174 g/mol. The summed E-state index contributed by atoms with van der Waals surface area (Å²) in [6, 6.07) is 0. The van der Waals surface area contributed by atoms with Crippen molar-refractivity contribution in [3.05, 3.63) is 0 Å². The first-order chi connectivity index (χ1) is 6.48. The number of ketones is 1. The zero-order chi connectivity index (χ0) is 11.0. The smallest absolute Gasteiger partial charge is 0.129 e. The molecule has 0 fully saturated rings. The summed E-state index contributed by atoms with van der Waals surface area (Å²) >= 11 is 0. The number of carbonyl (C=O) groups is 1. The molecule has 0 heterocycles. The Balaban J connectivity index is 3.55. The van der Waals surface area contributed by atoms with Gasteiger partial charge in [0, 0.05) is 6.42 Å². The molecule has 0 rings (SSSR count). The number of carbonyl (C=O) groups excluding carboxylic acids is 1. The van der Waals surface area contributed by atoms with Gasteiger partial charge in [-0.3, -0.25) is 0 Å². The monoisotopic (exact) mass is 199 g/mol. The topological polar surface area (TPSA) is 43.1 Å². The van der Waals surface area contributed by atoms with Gasteiger partial charge in [0.05, 0.1) is 0 Å². The Kier molecular flexibility index (Phi) is 6.81. The van der Waals surface area contributed by atoms with Gasteiger partial charge in [0.1, 0.15) is 5.78 Å². The number of rotatable bonds is 8. The number of unbranched alkanes of at least 4 members (excludes halogenated alkanes) is 2. The summed E-state index contributed by atoms with van der Waals surface area (Å²) in [6.45, 7) is 6.97. The predicted octanol–water partition coefficient (Wildman–Crippen LogP) is 2.90. The van der Waals surface area contributed by atoms with Crippen molar-refractivity contribution in [3.63, 3.8) is 0 Å². The SMILES string of the molecule is CC(=O)CCC(C)(C)CCCCCN. The van der Waals surface area contributed by atoms with Crippen molar-refractivity contribution in [2.24, 2.45) is 11.1 Å². The Morgan fingerprint density at radius 1 is 1.14 bits per heavy atom. The molecule has 0 saturated heterocycles. The van der Waals surface area contributed by atoms with E-state index in [1.54, 1.807) is 6.92 Å². The zero-order valence-electron chi connectivity index (χ0n) is 9.94.